The molecule has 0 saturated heterocycles. The van der Waals surface area contributed by atoms with Gasteiger partial charge in [-0.05, 0) is 43.2 Å². The molecule has 0 amide bonds. The summed E-state index contributed by atoms with van der Waals surface area (Å²) in [4.78, 5) is 31.0. The number of aromatic nitrogens is 3. The summed E-state index contributed by atoms with van der Waals surface area (Å²) in [7, 11) is 4.42. The highest BCUT2D eigenvalue weighted by Crippen LogP contribution is 2.39. The van der Waals surface area contributed by atoms with Crippen LogP contribution in [0.2, 0.25) is 0 Å². The molecule has 2 aliphatic carbocycles. The van der Waals surface area contributed by atoms with E-state index in [2.05, 4.69) is 29.6 Å². The van der Waals surface area contributed by atoms with Crippen molar-refractivity contribution in [3.8, 4) is 16.9 Å². The molecule has 0 spiro atoms. The van der Waals surface area contributed by atoms with Crippen LogP contribution in [0.4, 0.5) is 10.2 Å². The Balaban J connectivity index is 1.54. The van der Waals surface area contributed by atoms with Gasteiger partial charge in [-0.1, -0.05) is 30.4 Å². The molecule has 0 fully saturated rings. The lowest BCUT2D eigenvalue weighted by molar-refractivity contribution is 0.190. The quantitative estimate of drug-likeness (QED) is 0.409. The van der Waals surface area contributed by atoms with Gasteiger partial charge < -0.3 is 20.5 Å². The zero-order chi connectivity index (χ0) is 29.1. The summed E-state index contributed by atoms with van der Waals surface area (Å²) >= 11 is 0. The maximum atomic E-state index is 14.5. The van der Waals surface area contributed by atoms with Gasteiger partial charge in [0, 0.05) is 55.7 Å². The molecule has 10 heteroatoms. The van der Waals surface area contributed by atoms with Gasteiger partial charge >= 0.3 is 5.69 Å². The fourth-order valence-corrected chi connectivity index (χ4v) is 5.28. The maximum absolute atomic E-state index is 14.5. The molecule has 2 aromatic heterocycles. The molecule has 2 unspecified atom stereocenters. The van der Waals surface area contributed by atoms with E-state index in [0.717, 1.165) is 23.2 Å². The largest absolute Gasteiger partial charge is 0.496 e. The van der Waals surface area contributed by atoms with Gasteiger partial charge in [-0.3, -0.25) is 13.9 Å². The zero-order valence-electron chi connectivity index (χ0n) is 23.4. The highest BCUT2D eigenvalue weighted by molar-refractivity contribution is 5.98. The number of nitrogens with two attached hydrogens (primary N) is 1. The minimum Gasteiger partial charge on any atom is -0.496 e. The van der Waals surface area contributed by atoms with Gasteiger partial charge in [-0.25, -0.2) is 14.2 Å². The van der Waals surface area contributed by atoms with Crippen LogP contribution in [0, 0.1) is 17.7 Å². The highest BCUT2D eigenvalue weighted by atomic mass is 19.1. The highest BCUT2D eigenvalue weighted by Gasteiger charge is 2.24. The number of methoxy groups -OCH3 is 1. The summed E-state index contributed by atoms with van der Waals surface area (Å²) < 4.78 is 28.5. The van der Waals surface area contributed by atoms with Gasteiger partial charge in [0.2, 0.25) is 0 Å². The zero-order valence-corrected chi connectivity index (χ0v) is 23.4. The number of hydrogen-bond donors (Lipinski definition) is 2. The Morgan fingerprint density at radius 2 is 1.93 bits per heavy atom. The van der Waals surface area contributed by atoms with E-state index < -0.39 is 17.1 Å². The second kappa shape index (κ2) is 12.0. The van der Waals surface area contributed by atoms with Crippen molar-refractivity contribution in [1.29, 1.82) is 0 Å². The Bertz CT molecular complexity index is 1720. The number of halogens is 1. The van der Waals surface area contributed by atoms with Crippen LogP contribution in [0.1, 0.15) is 18.4 Å². The average molecular weight is 560 g/mol. The lowest BCUT2D eigenvalue weighted by atomic mass is 9.95. The first kappa shape index (κ1) is 28.1. The van der Waals surface area contributed by atoms with Crippen LogP contribution >= 0.6 is 0 Å². The predicted molar refractivity (Wildman–Crippen MR) is 158 cm³/mol. The molecule has 2 heterocycles. The molecule has 3 aromatic rings. The van der Waals surface area contributed by atoms with E-state index >= 15 is 0 Å². The normalized spacial score (nSPS) is 18.0. The number of hydrogen-bond acceptors (Lipinski definition) is 7. The topological polar surface area (TPSA) is 113 Å². The van der Waals surface area contributed by atoms with E-state index in [9.17, 15) is 14.0 Å². The van der Waals surface area contributed by atoms with Gasteiger partial charge in [-0.15, -0.1) is 0 Å². The Hall–Kier alpha value is -4.44. The Labute approximate surface area is 237 Å². The van der Waals surface area contributed by atoms with Gasteiger partial charge in [-0.2, -0.15) is 0 Å². The Morgan fingerprint density at radius 1 is 1.12 bits per heavy atom. The van der Waals surface area contributed by atoms with Gasteiger partial charge in [0.15, 0.2) is 5.65 Å². The Kier molecular flexibility index (Phi) is 8.21. The summed E-state index contributed by atoms with van der Waals surface area (Å²) in [5, 5.41) is 3.55. The number of allylic oxidation sites excluding steroid dienone is 5. The number of anilines is 1. The summed E-state index contributed by atoms with van der Waals surface area (Å²) in [6, 6.07) is 4.08. The molecule has 1 aromatic carbocycles. The summed E-state index contributed by atoms with van der Waals surface area (Å²) in [6.07, 6.45) is 16.3. The molecule has 5 rings (SSSR count). The van der Waals surface area contributed by atoms with E-state index in [1.165, 1.54) is 36.9 Å². The van der Waals surface area contributed by atoms with E-state index in [1.54, 1.807) is 7.05 Å². The second-order valence-corrected chi connectivity index (χ2v) is 10.2. The molecule has 3 N–H and O–H groups in total. The van der Waals surface area contributed by atoms with Crippen LogP contribution in [0.15, 0.2) is 76.1 Å². The first-order valence-electron chi connectivity index (χ1n) is 13.6. The molecule has 0 bridgehead atoms. The number of aryl methyl sites for hydroxylation is 1. The van der Waals surface area contributed by atoms with Crippen molar-refractivity contribution in [2.24, 2.45) is 31.7 Å². The third-order valence-corrected chi connectivity index (χ3v) is 7.51. The van der Waals surface area contributed by atoms with Crippen molar-refractivity contribution >= 4 is 16.9 Å². The standard InChI is InChI=1S/C31H34FN5O4/c1-36-29-27(30(38)37(2)31(36)39)26(23-15-21(32)12-13-25(23)40-3)24(16-33)28(35-29)34-17-20-10-7-11-22(14-20)41-18-19-8-5-4-6-9-19/h4-8,11-15,19-20H,9-10,16-18,33H2,1-3H3,(H,34,35). The lowest BCUT2D eigenvalue weighted by Gasteiger charge is -2.23. The van der Waals surface area contributed by atoms with E-state index in [1.807, 2.05) is 18.2 Å². The van der Waals surface area contributed by atoms with Crippen molar-refractivity contribution in [1.82, 2.24) is 14.1 Å². The third kappa shape index (κ3) is 5.60. The lowest BCUT2D eigenvalue weighted by Crippen LogP contribution is -2.38. The minimum absolute atomic E-state index is 0.00436. The number of nitrogens with one attached hydrogen (secondary N) is 1. The number of nitrogens with zero attached hydrogens (tertiary/aromatic N) is 3. The van der Waals surface area contributed by atoms with E-state index in [0.29, 0.717) is 47.3 Å². The number of ether oxygens (including phenoxy) is 2. The van der Waals surface area contributed by atoms with Crippen LogP contribution < -0.4 is 27.0 Å². The van der Waals surface area contributed by atoms with E-state index in [-0.39, 0.29) is 23.5 Å². The van der Waals surface area contributed by atoms with Crippen molar-refractivity contribution in [3.05, 3.63) is 98.7 Å². The molecule has 9 nitrogen and oxygen atoms in total. The molecular formula is C31H34FN5O4. The molecule has 2 aliphatic rings. The van der Waals surface area contributed by atoms with Gasteiger partial charge in [0.25, 0.3) is 5.56 Å². The second-order valence-electron chi connectivity index (χ2n) is 10.2. The maximum Gasteiger partial charge on any atom is 0.332 e. The van der Waals surface area contributed by atoms with Crippen molar-refractivity contribution in [3.63, 3.8) is 0 Å². The average Bonchev–Trinajstić information content (AvgIpc) is 3.00. The van der Waals surface area contributed by atoms with Crippen molar-refractivity contribution in [2.75, 3.05) is 25.6 Å². The van der Waals surface area contributed by atoms with E-state index in [4.69, 9.17) is 20.2 Å². The van der Waals surface area contributed by atoms with Crippen LogP contribution in [0.25, 0.3) is 22.2 Å². The van der Waals surface area contributed by atoms with Crippen LogP contribution in [-0.2, 0) is 25.4 Å². The molecule has 0 saturated carbocycles. The smallest absolute Gasteiger partial charge is 0.332 e. The minimum atomic E-state index is -0.552. The van der Waals surface area contributed by atoms with Crippen LogP contribution in [0.5, 0.6) is 5.75 Å². The van der Waals surface area contributed by atoms with Gasteiger partial charge in [0.1, 0.15) is 23.1 Å². The number of benzene rings is 1. The summed E-state index contributed by atoms with van der Waals surface area (Å²) in [5.74, 6) is 1.53. The fourth-order valence-electron chi connectivity index (χ4n) is 5.28. The van der Waals surface area contributed by atoms with Crippen LogP contribution in [-0.4, -0.2) is 34.4 Å². The third-order valence-electron chi connectivity index (χ3n) is 7.51. The summed E-state index contributed by atoms with van der Waals surface area (Å²) in [5.41, 5.74) is 6.59. The van der Waals surface area contributed by atoms with Crippen molar-refractivity contribution < 1.29 is 13.9 Å². The number of rotatable bonds is 9. The molecule has 41 heavy (non-hydrogen) atoms. The molecule has 0 radical (unpaired) electrons. The van der Waals surface area contributed by atoms with Gasteiger partial charge in [0.05, 0.1) is 19.1 Å². The van der Waals surface area contributed by atoms with Crippen LogP contribution in [0.3, 0.4) is 0 Å². The first-order chi connectivity index (χ1) is 19.8. The number of pyridine rings is 1. The monoisotopic (exact) mass is 559 g/mol. The predicted octanol–water partition coefficient (Wildman–Crippen LogP) is 3.93. The SMILES string of the molecule is COc1ccc(F)cc1-c1c(CN)c(NCC2C=C(OCC3C=CC=CC3)C=CC2)nc2c1c(=O)n(C)c(=O)n2C. The Morgan fingerprint density at radius 3 is 2.66 bits per heavy atom. The fraction of sp³-hybridized carbons (Fsp3) is 0.323. The summed E-state index contributed by atoms with van der Waals surface area (Å²) in [6.45, 7) is 1.10. The first-order valence-corrected chi connectivity index (χ1v) is 13.6. The molecular weight excluding hydrogens is 525 g/mol. The molecule has 2 atom stereocenters. The molecule has 214 valence electrons. The molecule has 0 aliphatic heterocycles. The van der Waals surface area contributed by atoms with Crippen molar-refractivity contribution in [2.45, 2.75) is 19.4 Å². The number of fused-ring (bicyclic) bond motifs is 1.